The number of nitrogens with zero attached hydrogens (tertiary/aromatic N) is 2. The molecule has 1 fully saturated rings. The normalized spacial score (nSPS) is 25.0. The Hall–Kier alpha value is -1.06. The zero-order chi connectivity index (χ0) is 9.97. The van der Waals surface area contributed by atoms with Gasteiger partial charge in [-0.3, -0.25) is 0 Å². The van der Waals surface area contributed by atoms with Crippen LogP contribution in [-0.4, -0.2) is 29.4 Å². The molecule has 0 radical (unpaired) electrons. The van der Waals surface area contributed by atoms with Crippen molar-refractivity contribution >= 4 is 11.9 Å². The van der Waals surface area contributed by atoms with Crippen molar-refractivity contribution in [2.75, 3.05) is 6.54 Å². The van der Waals surface area contributed by atoms with Crippen LogP contribution in [0.4, 0.5) is 4.79 Å². The fourth-order valence-corrected chi connectivity index (χ4v) is 2.31. The summed E-state index contributed by atoms with van der Waals surface area (Å²) < 4.78 is 0. The number of carbonyl (C=O) groups excluding carboxylic acids is 1. The van der Waals surface area contributed by atoms with E-state index < -0.39 is 0 Å². The molecule has 0 spiro atoms. The molecule has 0 aromatic carbocycles. The van der Waals surface area contributed by atoms with E-state index in [4.69, 9.17) is 5.73 Å². The lowest BCUT2D eigenvalue weighted by Gasteiger charge is -2.34. The second kappa shape index (κ2) is 3.98. The van der Waals surface area contributed by atoms with E-state index >= 15 is 0 Å². The fourth-order valence-electron chi connectivity index (χ4n) is 2.31. The molecule has 0 atom stereocenters. The average Bonchev–Trinajstić information content (AvgIpc) is 2.19. The smallest absolute Gasteiger partial charge is 0.345 e. The van der Waals surface area contributed by atoms with Gasteiger partial charge in [-0.25, -0.2) is 4.79 Å². The molecule has 1 aliphatic heterocycles. The van der Waals surface area contributed by atoms with Crippen LogP contribution in [0.25, 0.3) is 0 Å². The molecule has 0 aromatic rings. The summed E-state index contributed by atoms with van der Waals surface area (Å²) in [5.74, 6) is 0.488. The van der Waals surface area contributed by atoms with Crippen molar-refractivity contribution < 1.29 is 4.79 Å². The summed E-state index contributed by atoms with van der Waals surface area (Å²) >= 11 is 0. The molecule has 2 aliphatic rings. The van der Waals surface area contributed by atoms with E-state index in [-0.39, 0.29) is 6.03 Å². The predicted molar refractivity (Wildman–Crippen MR) is 55.2 cm³/mol. The number of nitrogens with two attached hydrogens (primary N) is 1. The maximum Gasteiger partial charge on any atom is 0.345 e. The van der Waals surface area contributed by atoms with Gasteiger partial charge >= 0.3 is 6.03 Å². The molecule has 0 aromatic heterocycles. The van der Waals surface area contributed by atoms with Crippen molar-refractivity contribution in [2.24, 2.45) is 10.7 Å². The minimum atomic E-state index is -0.124. The predicted octanol–water partition coefficient (Wildman–Crippen LogP) is 1.50. The topological polar surface area (TPSA) is 58.7 Å². The van der Waals surface area contributed by atoms with Gasteiger partial charge in [0.25, 0.3) is 0 Å². The maximum absolute atomic E-state index is 11.6. The molecule has 1 heterocycles. The van der Waals surface area contributed by atoms with E-state index in [0.29, 0.717) is 11.9 Å². The van der Waals surface area contributed by atoms with Gasteiger partial charge < -0.3 is 10.6 Å². The van der Waals surface area contributed by atoms with Crippen molar-refractivity contribution in [1.82, 2.24) is 4.90 Å². The number of urea groups is 1. The number of hydrogen-bond donors (Lipinski definition) is 1. The van der Waals surface area contributed by atoms with E-state index in [1.165, 1.54) is 19.3 Å². The minimum absolute atomic E-state index is 0.124. The number of amides is 2. The van der Waals surface area contributed by atoms with E-state index in [0.717, 1.165) is 25.8 Å². The third-order valence-electron chi connectivity index (χ3n) is 3.11. The summed E-state index contributed by atoms with van der Waals surface area (Å²) in [6.07, 6.45) is 6.82. The molecule has 0 unspecified atom stereocenters. The first-order valence-electron chi connectivity index (χ1n) is 5.41. The van der Waals surface area contributed by atoms with Crippen LogP contribution in [0.15, 0.2) is 4.99 Å². The first-order valence-corrected chi connectivity index (χ1v) is 5.41. The van der Waals surface area contributed by atoms with Crippen LogP contribution in [0.3, 0.4) is 0 Å². The minimum Gasteiger partial charge on any atom is -0.387 e. The Kier molecular flexibility index (Phi) is 2.70. The second-order valence-corrected chi connectivity index (χ2v) is 4.12. The standard InChI is InChI=1S/C10H17N3O/c11-9-6-7-13(10(14)12-9)8-4-2-1-3-5-8/h8H,1-7H2,(H2,11,12,14). The van der Waals surface area contributed by atoms with Crippen molar-refractivity contribution in [3.63, 3.8) is 0 Å². The third-order valence-corrected chi connectivity index (χ3v) is 3.11. The zero-order valence-corrected chi connectivity index (χ0v) is 8.41. The van der Waals surface area contributed by atoms with Crippen LogP contribution in [0.5, 0.6) is 0 Å². The first kappa shape index (κ1) is 9.49. The van der Waals surface area contributed by atoms with Crippen molar-refractivity contribution in [3.8, 4) is 0 Å². The maximum atomic E-state index is 11.6. The van der Waals surface area contributed by atoms with E-state index in [2.05, 4.69) is 4.99 Å². The van der Waals surface area contributed by atoms with Gasteiger partial charge in [0.1, 0.15) is 5.84 Å². The van der Waals surface area contributed by atoms with Gasteiger partial charge in [-0.15, -0.1) is 0 Å². The molecule has 2 rings (SSSR count). The first-order chi connectivity index (χ1) is 6.77. The van der Waals surface area contributed by atoms with Gasteiger partial charge in [0, 0.05) is 19.0 Å². The quantitative estimate of drug-likeness (QED) is 0.689. The lowest BCUT2D eigenvalue weighted by molar-refractivity contribution is 0.163. The van der Waals surface area contributed by atoms with Crippen LogP contribution in [0, 0.1) is 0 Å². The summed E-state index contributed by atoms with van der Waals surface area (Å²) in [5.41, 5.74) is 5.52. The summed E-state index contributed by atoms with van der Waals surface area (Å²) in [5, 5.41) is 0. The van der Waals surface area contributed by atoms with Crippen LogP contribution < -0.4 is 5.73 Å². The van der Waals surface area contributed by atoms with Gasteiger partial charge in [-0.05, 0) is 12.8 Å². The number of carbonyl (C=O) groups is 1. The molecule has 4 nitrogen and oxygen atoms in total. The Morgan fingerprint density at radius 1 is 1.29 bits per heavy atom. The van der Waals surface area contributed by atoms with Gasteiger partial charge in [-0.1, -0.05) is 19.3 Å². The third kappa shape index (κ3) is 1.89. The van der Waals surface area contributed by atoms with Crippen molar-refractivity contribution in [1.29, 1.82) is 0 Å². The lowest BCUT2D eigenvalue weighted by Crippen LogP contribution is -2.45. The Bertz CT molecular complexity index is 256. The molecule has 1 aliphatic carbocycles. The monoisotopic (exact) mass is 195 g/mol. The Labute approximate surface area is 84.2 Å². The van der Waals surface area contributed by atoms with Crippen molar-refractivity contribution in [3.05, 3.63) is 0 Å². The van der Waals surface area contributed by atoms with Crippen LogP contribution in [-0.2, 0) is 0 Å². The number of amidine groups is 1. The Morgan fingerprint density at radius 3 is 2.64 bits per heavy atom. The van der Waals surface area contributed by atoms with Gasteiger partial charge in [0.05, 0.1) is 0 Å². The highest BCUT2D eigenvalue weighted by Gasteiger charge is 2.27. The largest absolute Gasteiger partial charge is 0.387 e. The highest BCUT2D eigenvalue weighted by molar-refractivity contribution is 5.95. The van der Waals surface area contributed by atoms with E-state index in [1.807, 2.05) is 4.90 Å². The number of rotatable bonds is 1. The molecule has 14 heavy (non-hydrogen) atoms. The molecule has 0 saturated heterocycles. The van der Waals surface area contributed by atoms with Gasteiger partial charge in [-0.2, -0.15) is 4.99 Å². The second-order valence-electron chi connectivity index (χ2n) is 4.12. The fraction of sp³-hybridized carbons (Fsp3) is 0.800. The summed E-state index contributed by atoms with van der Waals surface area (Å²) in [6.45, 7) is 0.763. The van der Waals surface area contributed by atoms with Crippen LogP contribution >= 0.6 is 0 Å². The highest BCUT2D eigenvalue weighted by Crippen LogP contribution is 2.24. The molecular weight excluding hydrogens is 178 g/mol. The summed E-state index contributed by atoms with van der Waals surface area (Å²) in [6, 6.07) is 0.300. The zero-order valence-electron chi connectivity index (χ0n) is 8.41. The molecule has 0 bridgehead atoms. The molecule has 1 saturated carbocycles. The summed E-state index contributed by atoms with van der Waals surface area (Å²) in [7, 11) is 0. The average molecular weight is 195 g/mol. The molecule has 2 amide bonds. The van der Waals surface area contributed by atoms with Gasteiger partial charge in [0.2, 0.25) is 0 Å². The van der Waals surface area contributed by atoms with Crippen LogP contribution in [0.1, 0.15) is 38.5 Å². The number of hydrogen-bond acceptors (Lipinski definition) is 2. The molecule has 2 N–H and O–H groups in total. The van der Waals surface area contributed by atoms with Gasteiger partial charge in [0.15, 0.2) is 0 Å². The lowest BCUT2D eigenvalue weighted by atomic mass is 9.94. The van der Waals surface area contributed by atoms with E-state index in [9.17, 15) is 4.79 Å². The van der Waals surface area contributed by atoms with Crippen LogP contribution in [0.2, 0.25) is 0 Å². The number of aliphatic imine (C=N–C) groups is 1. The van der Waals surface area contributed by atoms with E-state index in [1.54, 1.807) is 0 Å². The molecule has 78 valence electrons. The molecule has 4 heteroatoms. The summed E-state index contributed by atoms with van der Waals surface area (Å²) in [4.78, 5) is 17.3. The van der Waals surface area contributed by atoms with Crippen molar-refractivity contribution in [2.45, 2.75) is 44.6 Å². The molecular formula is C10H17N3O. The Balaban J connectivity index is 2.00. The Morgan fingerprint density at radius 2 is 2.00 bits per heavy atom. The SMILES string of the molecule is NC1=NC(=O)N(C2CCCCC2)CC1. The highest BCUT2D eigenvalue weighted by atomic mass is 16.2.